The molecule has 134 valence electrons. The molecule has 0 aliphatic carbocycles. The van der Waals surface area contributed by atoms with Gasteiger partial charge in [0.05, 0.1) is 28.3 Å². The normalized spacial score (nSPS) is 18.5. The topological polar surface area (TPSA) is 111 Å². The van der Waals surface area contributed by atoms with Gasteiger partial charge in [0.15, 0.2) is 0 Å². The van der Waals surface area contributed by atoms with Crippen molar-refractivity contribution in [2.24, 2.45) is 5.14 Å². The van der Waals surface area contributed by atoms with Gasteiger partial charge in [-0.05, 0) is 24.6 Å². The molecule has 0 bridgehead atoms. The van der Waals surface area contributed by atoms with Crippen molar-refractivity contribution < 1.29 is 22.7 Å². The second kappa shape index (κ2) is 8.13. The third-order valence-electron chi connectivity index (χ3n) is 3.58. The van der Waals surface area contributed by atoms with Crippen LogP contribution in [0.25, 0.3) is 0 Å². The number of primary sulfonamides is 1. The smallest absolute Gasteiger partial charge is 0.322 e. The van der Waals surface area contributed by atoms with Gasteiger partial charge in [0, 0.05) is 26.8 Å². The Kier molecular flexibility index (Phi) is 6.41. The Labute approximate surface area is 145 Å². The van der Waals surface area contributed by atoms with Crippen molar-refractivity contribution in [2.45, 2.75) is 17.4 Å². The monoisotopic (exact) mass is 377 g/mol. The number of urea groups is 1. The Morgan fingerprint density at radius 2 is 2.29 bits per heavy atom. The van der Waals surface area contributed by atoms with E-state index in [1.165, 1.54) is 18.2 Å². The molecule has 1 aliphatic heterocycles. The molecule has 3 N–H and O–H groups in total. The number of ether oxygens (including phenoxy) is 2. The van der Waals surface area contributed by atoms with Crippen LogP contribution in [0.4, 0.5) is 10.5 Å². The van der Waals surface area contributed by atoms with Crippen LogP contribution >= 0.6 is 11.6 Å². The Balaban J connectivity index is 2.06. The largest absolute Gasteiger partial charge is 0.385 e. The van der Waals surface area contributed by atoms with E-state index >= 15 is 0 Å². The van der Waals surface area contributed by atoms with Crippen LogP contribution < -0.4 is 10.5 Å². The molecule has 0 aromatic heterocycles. The van der Waals surface area contributed by atoms with Crippen LogP contribution in [0.1, 0.15) is 6.42 Å². The number of nitrogens with two attached hydrogens (primary N) is 1. The fraction of sp³-hybridized carbons (Fsp3) is 0.500. The van der Waals surface area contributed by atoms with Gasteiger partial charge < -0.3 is 19.7 Å². The number of rotatable bonds is 5. The zero-order valence-corrected chi connectivity index (χ0v) is 14.8. The maximum Gasteiger partial charge on any atom is 0.322 e. The molecule has 0 saturated carbocycles. The molecule has 8 nitrogen and oxygen atoms in total. The van der Waals surface area contributed by atoms with Gasteiger partial charge in [0.2, 0.25) is 10.0 Å². The molecule has 0 spiro atoms. The summed E-state index contributed by atoms with van der Waals surface area (Å²) < 4.78 is 33.4. The van der Waals surface area contributed by atoms with Crippen molar-refractivity contribution in [3.05, 3.63) is 23.2 Å². The lowest BCUT2D eigenvalue weighted by Crippen LogP contribution is -2.47. The van der Waals surface area contributed by atoms with Crippen LogP contribution in [0.15, 0.2) is 23.1 Å². The average Bonchev–Trinajstić information content (AvgIpc) is 2.54. The van der Waals surface area contributed by atoms with E-state index < -0.39 is 10.0 Å². The number of carbonyl (C=O) groups excluding carboxylic acids is 1. The molecule has 1 aromatic rings. The number of nitrogens with zero attached hydrogens (tertiary/aromatic N) is 1. The number of amides is 2. The van der Waals surface area contributed by atoms with Crippen LogP contribution in [0.2, 0.25) is 5.02 Å². The van der Waals surface area contributed by atoms with E-state index in [0.29, 0.717) is 32.7 Å². The van der Waals surface area contributed by atoms with Crippen molar-refractivity contribution in [1.29, 1.82) is 0 Å². The van der Waals surface area contributed by atoms with Crippen LogP contribution in [0.3, 0.4) is 0 Å². The Morgan fingerprint density at radius 1 is 1.54 bits per heavy atom. The second-order valence-corrected chi connectivity index (χ2v) is 7.31. The quantitative estimate of drug-likeness (QED) is 0.802. The van der Waals surface area contributed by atoms with E-state index in [-0.39, 0.29) is 27.7 Å². The Morgan fingerprint density at radius 3 is 2.96 bits per heavy atom. The number of carbonyl (C=O) groups is 1. The number of anilines is 1. The van der Waals surface area contributed by atoms with E-state index in [2.05, 4.69) is 5.32 Å². The fourth-order valence-corrected chi connectivity index (χ4v) is 3.00. The van der Waals surface area contributed by atoms with Crippen molar-refractivity contribution in [3.63, 3.8) is 0 Å². The number of methoxy groups -OCH3 is 1. The number of hydrogen-bond donors (Lipinski definition) is 2. The zero-order valence-electron chi connectivity index (χ0n) is 13.2. The SMILES string of the molecule is COCC[C@@H]1CN(C(=O)Nc2cc(S(N)(=O)=O)ccc2Cl)CCO1. The van der Waals surface area contributed by atoms with Gasteiger partial charge in [-0.3, -0.25) is 0 Å². The first-order chi connectivity index (χ1) is 11.3. The number of hydrogen-bond acceptors (Lipinski definition) is 5. The summed E-state index contributed by atoms with van der Waals surface area (Å²) in [4.78, 5) is 13.9. The van der Waals surface area contributed by atoms with E-state index in [9.17, 15) is 13.2 Å². The van der Waals surface area contributed by atoms with Crippen molar-refractivity contribution in [1.82, 2.24) is 4.90 Å². The second-order valence-electron chi connectivity index (χ2n) is 5.34. The average molecular weight is 378 g/mol. The summed E-state index contributed by atoms with van der Waals surface area (Å²) in [5.41, 5.74) is 0.188. The lowest BCUT2D eigenvalue weighted by Gasteiger charge is -2.33. The molecule has 1 saturated heterocycles. The first-order valence-corrected chi connectivity index (χ1v) is 9.22. The minimum Gasteiger partial charge on any atom is -0.385 e. The first-order valence-electron chi connectivity index (χ1n) is 7.30. The first kappa shape index (κ1) is 18.9. The van der Waals surface area contributed by atoms with Crippen LogP contribution in [-0.2, 0) is 19.5 Å². The van der Waals surface area contributed by atoms with Gasteiger partial charge in [-0.15, -0.1) is 0 Å². The van der Waals surface area contributed by atoms with Gasteiger partial charge in [-0.2, -0.15) is 0 Å². The number of benzene rings is 1. The summed E-state index contributed by atoms with van der Waals surface area (Å²) in [6.07, 6.45) is 0.581. The summed E-state index contributed by atoms with van der Waals surface area (Å²) in [6, 6.07) is 3.51. The molecular weight excluding hydrogens is 358 g/mol. The van der Waals surface area contributed by atoms with Gasteiger partial charge in [-0.25, -0.2) is 18.4 Å². The predicted octanol–water partition coefficient (Wildman–Crippen LogP) is 1.26. The van der Waals surface area contributed by atoms with Crippen molar-refractivity contribution in [2.75, 3.05) is 38.7 Å². The molecule has 1 aromatic carbocycles. The molecule has 1 aliphatic rings. The van der Waals surface area contributed by atoms with Gasteiger partial charge in [0.1, 0.15) is 0 Å². The highest BCUT2D eigenvalue weighted by molar-refractivity contribution is 7.89. The molecular formula is C14H20ClN3O5S. The van der Waals surface area contributed by atoms with Crippen molar-refractivity contribution in [3.8, 4) is 0 Å². The molecule has 1 atom stereocenters. The van der Waals surface area contributed by atoms with Crippen LogP contribution in [0.5, 0.6) is 0 Å². The molecule has 24 heavy (non-hydrogen) atoms. The summed E-state index contributed by atoms with van der Waals surface area (Å²) in [7, 11) is -2.27. The lowest BCUT2D eigenvalue weighted by molar-refractivity contribution is -0.0260. The molecule has 10 heteroatoms. The summed E-state index contributed by atoms with van der Waals surface area (Å²) in [5.74, 6) is 0. The summed E-state index contributed by atoms with van der Waals surface area (Å²) >= 11 is 6.02. The third kappa shape index (κ3) is 5.05. The zero-order chi connectivity index (χ0) is 17.7. The molecule has 0 radical (unpaired) electrons. The fourth-order valence-electron chi connectivity index (χ4n) is 2.30. The number of halogens is 1. The highest BCUT2D eigenvalue weighted by atomic mass is 35.5. The summed E-state index contributed by atoms with van der Waals surface area (Å²) in [6.45, 7) is 1.82. The highest BCUT2D eigenvalue weighted by Crippen LogP contribution is 2.25. The molecule has 1 heterocycles. The molecule has 2 rings (SSSR count). The highest BCUT2D eigenvalue weighted by Gasteiger charge is 2.24. The van der Waals surface area contributed by atoms with E-state index in [1.54, 1.807) is 12.0 Å². The number of sulfonamides is 1. The molecule has 0 unspecified atom stereocenters. The van der Waals surface area contributed by atoms with E-state index in [1.807, 2.05) is 0 Å². The van der Waals surface area contributed by atoms with Gasteiger partial charge in [0.25, 0.3) is 0 Å². The van der Waals surface area contributed by atoms with Gasteiger partial charge in [-0.1, -0.05) is 11.6 Å². The lowest BCUT2D eigenvalue weighted by atomic mass is 10.2. The number of morpholine rings is 1. The maximum atomic E-state index is 12.4. The third-order valence-corrected chi connectivity index (χ3v) is 4.82. The maximum absolute atomic E-state index is 12.4. The number of nitrogens with one attached hydrogen (secondary N) is 1. The Hall–Kier alpha value is -1.39. The van der Waals surface area contributed by atoms with E-state index in [0.717, 1.165) is 0 Å². The van der Waals surface area contributed by atoms with E-state index in [4.69, 9.17) is 26.2 Å². The standard InChI is InChI=1S/C14H20ClN3O5S/c1-22-6-4-10-9-18(5-7-23-10)14(19)17-13-8-11(24(16,20)21)2-3-12(13)15/h2-3,8,10H,4-7,9H2,1H3,(H,17,19)(H2,16,20,21)/t10-/m1/s1. The van der Waals surface area contributed by atoms with Gasteiger partial charge >= 0.3 is 6.03 Å². The Bertz CT molecular complexity index is 698. The molecule has 2 amide bonds. The summed E-state index contributed by atoms with van der Waals surface area (Å²) in [5, 5.41) is 7.93. The minimum atomic E-state index is -3.88. The predicted molar refractivity (Wildman–Crippen MR) is 89.6 cm³/mol. The molecule has 1 fully saturated rings. The minimum absolute atomic E-state index is 0.101. The van der Waals surface area contributed by atoms with Crippen LogP contribution in [-0.4, -0.2) is 58.9 Å². The van der Waals surface area contributed by atoms with Crippen molar-refractivity contribution >= 4 is 33.3 Å². The van der Waals surface area contributed by atoms with Crippen LogP contribution in [0, 0.1) is 0 Å².